The summed E-state index contributed by atoms with van der Waals surface area (Å²) in [5.74, 6) is 3.11. The summed E-state index contributed by atoms with van der Waals surface area (Å²) in [5.41, 5.74) is 0.433. The van der Waals surface area contributed by atoms with Gasteiger partial charge in [0, 0.05) is 19.0 Å². The van der Waals surface area contributed by atoms with Gasteiger partial charge in [0.1, 0.15) is 0 Å². The van der Waals surface area contributed by atoms with Gasteiger partial charge in [0.05, 0.1) is 0 Å². The summed E-state index contributed by atoms with van der Waals surface area (Å²) in [6.07, 6.45) is 9.14. The van der Waals surface area contributed by atoms with Crippen LogP contribution in [0.15, 0.2) is 0 Å². The van der Waals surface area contributed by atoms with Crippen molar-refractivity contribution in [2.45, 2.75) is 64.8 Å². The highest BCUT2D eigenvalue weighted by Crippen LogP contribution is 2.61. The van der Waals surface area contributed by atoms with Crippen molar-refractivity contribution in [3.05, 3.63) is 0 Å². The smallest absolute Gasteiger partial charge is 0.221 e. The first-order valence-corrected chi connectivity index (χ1v) is 8.61. The van der Waals surface area contributed by atoms with Crippen LogP contribution in [0.2, 0.25) is 0 Å². The number of carbonyl (C=O) groups excluding carboxylic acids is 1. The van der Waals surface area contributed by atoms with Gasteiger partial charge in [-0.3, -0.25) is 4.79 Å². The predicted octanol–water partition coefficient (Wildman–Crippen LogP) is 2.71. The second-order valence-electron chi connectivity index (χ2n) is 7.67. The van der Waals surface area contributed by atoms with Gasteiger partial charge in [0.25, 0.3) is 0 Å². The van der Waals surface area contributed by atoms with Crippen molar-refractivity contribution >= 4 is 5.91 Å². The van der Waals surface area contributed by atoms with E-state index in [0.29, 0.717) is 17.9 Å². The van der Waals surface area contributed by atoms with Crippen LogP contribution in [-0.2, 0) is 4.79 Å². The first kappa shape index (κ1) is 14.4. The second-order valence-corrected chi connectivity index (χ2v) is 7.67. The zero-order valence-corrected chi connectivity index (χ0v) is 13.1. The molecule has 0 radical (unpaired) electrons. The van der Waals surface area contributed by atoms with E-state index in [0.717, 1.165) is 30.8 Å². The van der Waals surface area contributed by atoms with E-state index in [2.05, 4.69) is 24.5 Å². The van der Waals surface area contributed by atoms with Crippen LogP contribution < -0.4 is 10.6 Å². The fraction of sp³-hybridized carbons (Fsp3) is 0.941. The Bertz CT molecular complexity index is 331. The van der Waals surface area contributed by atoms with Crippen LogP contribution >= 0.6 is 0 Å². The van der Waals surface area contributed by atoms with Gasteiger partial charge >= 0.3 is 0 Å². The molecule has 4 fully saturated rings. The molecule has 0 heterocycles. The first-order valence-electron chi connectivity index (χ1n) is 8.61. The molecule has 3 heteroatoms. The van der Waals surface area contributed by atoms with Crippen LogP contribution in [0.5, 0.6) is 0 Å². The van der Waals surface area contributed by atoms with Crippen LogP contribution in [0.1, 0.15) is 58.8 Å². The molecule has 1 amide bonds. The molecule has 2 N–H and O–H groups in total. The normalized spacial score (nSPS) is 39.8. The molecule has 0 aromatic heterocycles. The summed E-state index contributed by atoms with van der Waals surface area (Å²) in [5, 5.41) is 6.54. The first-order chi connectivity index (χ1) is 9.61. The molecule has 4 rings (SSSR count). The van der Waals surface area contributed by atoms with Crippen molar-refractivity contribution < 1.29 is 4.79 Å². The minimum absolute atomic E-state index is 0.231. The highest BCUT2D eigenvalue weighted by molar-refractivity contribution is 5.76. The molecule has 0 aromatic carbocycles. The molecular weight excluding hydrogens is 248 g/mol. The summed E-state index contributed by atoms with van der Waals surface area (Å²) >= 11 is 0. The van der Waals surface area contributed by atoms with Gasteiger partial charge in [0.2, 0.25) is 5.91 Å². The Kier molecular flexibility index (Phi) is 4.07. The van der Waals surface area contributed by atoms with Gasteiger partial charge in [0.15, 0.2) is 0 Å². The maximum Gasteiger partial charge on any atom is 0.221 e. The Morgan fingerprint density at radius 3 is 2.20 bits per heavy atom. The molecular formula is C17H30N2O. The standard InChI is InChI=1S/C17H30N2O/c1-3-18-5-4-16(20)19-12(2)17-9-13-6-14(10-17)8-15(7-13)11-17/h12-15,18H,3-11H2,1-2H3,(H,19,20). The van der Waals surface area contributed by atoms with Crippen molar-refractivity contribution in [2.24, 2.45) is 23.2 Å². The Morgan fingerprint density at radius 2 is 1.70 bits per heavy atom. The summed E-state index contributed by atoms with van der Waals surface area (Å²) in [7, 11) is 0. The molecule has 1 unspecified atom stereocenters. The topological polar surface area (TPSA) is 41.1 Å². The van der Waals surface area contributed by atoms with E-state index in [1.807, 2.05) is 0 Å². The fourth-order valence-corrected chi connectivity index (χ4v) is 5.55. The molecule has 0 aromatic rings. The van der Waals surface area contributed by atoms with Crippen molar-refractivity contribution in [3.8, 4) is 0 Å². The molecule has 4 aliphatic rings. The highest BCUT2D eigenvalue weighted by Gasteiger charge is 2.53. The van der Waals surface area contributed by atoms with Crippen LogP contribution in [0.4, 0.5) is 0 Å². The van der Waals surface area contributed by atoms with E-state index >= 15 is 0 Å². The molecule has 3 nitrogen and oxygen atoms in total. The third-order valence-electron chi connectivity index (χ3n) is 6.16. The average molecular weight is 278 g/mol. The minimum atomic E-state index is 0.231. The quantitative estimate of drug-likeness (QED) is 0.734. The van der Waals surface area contributed by atoms with Crippen LogP contribution in [0.3, 0.4) is 0 Å². The number of hydrogen-bond acceptors (Lipinski definition) is 2. The Hall–Kier alpha value is -0.570. The number of rotatable bonds is 6. The lowest BCUT2D eigenvalue weighted by molar-refractivity contribution is -0.125. The average Bonchev–Trinajstić information content (AvgIpc) is 2.37. The molecule has 20 heavy (non-hydrogen) atoms. The van der Waals surface area contributed by atoms with Crippen LogP contribution in [-0.4, -0.2) is 25.0 Å². The number of amides is 1. The zero-order valence-electron chi connectivity index (χ0n) is 13.1. The van der Waals surface area contributed by atoms with Gasteiger partial charge in [-0.15, -0.1) is 0 Å². The summed E-state index contributed by atoms with van der Waals surface area (Å²) in [6, 6.07) is 0.366. The zero-order chi connectivity index (χ0) is 14.2. The lowest BCUT2D eigenvalue weighted by Crippen LogP contribution is -2.55. The van der Waals surface area contributed by atoms with Crippen molar-refractivity contribution in [1.29, 1.82) is 0 Å². The molecule has 4 saturated carbocycles. The molecule has 114 valence electrons. The summed E-state index contributed by atoms with van der Waals surface area (Å²) in [4.78, 5) is 12.1. The number of carbonyl (C=O) groups is 1. The van der Waals surface area contributed by atoms with Gasteiger partial charge in [-0.25, -0.2) is 0 Å². The van der Waals surface area contributed by atoms with Gasteiger partial charge in [-0.2, -0.15) is 0 Å². The predicted molar refractivity (Wildman–Crippen MR) is 81.4 cm³/mol. The Labute approximate surface area is 123 Å². The third kappa shape index (κ3) is 2.74. The lowest BCUT2D eigenvalue weighted by atomic mass is 9.48. The van der Waals surface area contributed by atoms with Crippen molar-refractivity contribution in [2.75, 3.05) is 13.1 Å². The monoisotopic (exact) mass is 278 g/mol. The van der Waals surface area contributed by atoms with E-state index in [1.54, 1.807) is 0 Å². The number of nitrogens with one attached hydrogen (secondary N) is 2. The summed E-state index contributed by atoms with van der Waals surface area (Å²) < 4.78 is 0. The van der Waals surface area contributed by atoms with E-state index in [4.69, 9.17) is 0 Å². The van der Waals surface area contributed by atoms with Gasteiger partial charge < -0.3 is 10.6 Å². The third-order valence-corrected chi connectivity index (χ3v) is 6.16. The second kappa shape index (κ2) is 5.67. The van der Waals surface area contributed by atoms with Gasteiger partial charge in [-0.05, 0) is 75.2 Å². The molecule has 0 aliphatic heterocycles. The van der Waals surface area contributed by atoms with E-state index in [-0.39, 0.29) is 5.91 Å². The van der Waals surface area contributed by atoms with E-state index < -0.39 is 0 Å². The van der Waals surface area contributed by atoms with Crippen molar-refractivity contribution in [3.63, 3.8) is 0 Å². The largest absolute Gasteiger partial charge is 0.353 e. The Morgan fingerprint density at radius 1 is 1.15 bits per heavy atom. The van der Waals surface area contributed by atoms with E-state index in [9.17, 15) is 4.79 Å². The van der Waals surface area contributed by atoms with Crippen molar-refractivity contribution in [1.82, 2.24) is 10.6 Å². The molecule has 4 bridgehead atoms. The lowest BCUT2D eigenvalue weighted by Gasteiger charge is -2.59. The number of hydrogen-bond donors (Lipinski definition) is 2. The SMILES string of the molecule is CCNCCC(=O)NC(C)C12CC3CC(CC(C3)C1)C2. The maximum atomic E-state index is 12.1. The molecule has 0 saturated heterocycles. The molecule has 0 spiro atoms. The van der Waals surface area contributed by atoms with Crippen LogP contribution in [0.25, 0.3) is 0 Å². The Balaban J connectivity index is 1.56. The highest BCUT2D eigenvalue weighted by atomic mass is 16.1. The maximum absolute atomic E-state index is 12.1. The molecule has 4 aliphatic carbocycles. The summed E-state index contributed by atoms with van der Waals surface area (Å²) in [6.45, 7) is 6.09. The van der Waals surface area contributed by atoms with Crippen LogP contribution in [0, 0.1) is 23.2 Å². The molecule has 1 atom stereocenters. The fourth-order valence-electron chi connectivity index (χ4n) is 5.55. The van der Waals surface area contributed by atoms with Gasteiger partial charge in [-0.1, -0.05) is 6.92 Å². The minimum Gasteiger partial charge on any atom is -0.353 e. The van der Waals surface area contributed by atoms with E-state index in [1.165, 1.54) is 38.5 Å².